The maximum absolute atomic E-state index is 7.79. The van der Waals surface area contributed by atoms with Crippen LogP contribution in [0.25, 0.3) is 0 Å². The minimum atomic E-state index is -0.403. The van der Waals surface area contributed by atoms with E-state index in [0.717, 1.165) is 0 Å². The summed E-state index contributed by atoms with van der Waals surface area (Å²) in [5.74, 6) is 0. The SMILES string of the molecule is ON[C](NO)NO. The first-order valence-electron chi connectivity index (χ1n) is 1.42. The molecule has 0 saturated carbocycles. The molecule has 0 bridgehead atoms. The van der Waals surface area contributed by atoms with Gasteiger partial charge in [0.05, 0.1) is 0 Å². The predicted octanol–water partition coefficient (Wildman–Crippen LogP) is -1.63. The van der Waals surface area contributed by atoms with Crippen LogP contribution in [0.5, 0.6) is 0 Å². The van der Waals surface area contributed by atoms with Gasteiger partial charge in [-0.3, -0.25) is 0 Å². The second kappa shape index (κ2) is 3.93. The van der Waals surface area contributed by atoms with Gasteiger partial charge in [0.25, 0.3) is 0 Å². The normalized spacial score (nSPS) is 10.3. The lowest BCUT2D eigenvalue weighted by molar-refractivity contribution is 0.0131. The smallest absolute Gasteiger partial charge is 0.241 e. The Labute approximate surface area is 39.6 Å². The van der Waals surface area contributed by atoms with Crippen molar-refractivity contribution in [3.05, 3.63) is 6.29 Å². The molecule has 0 amide bonds. The lowest BCUT2D eigenvalue weighted by atomic mass is 11.0. The highest BCUT2D eigenvalue weighted by molar-refractivity contribution is 4.62. The molecule has 0 atom stereocenters. The van der Waals surface area contributed by atoms with E-state index in [9.17, 15) is 0 Å². The summed E-state index contributed by atoms with van der Waals surface area (Å²) in [6, 6.07) is 0. The van der Waals surface area contributed by atoms with Crippen molar-refractivity contribution < 1.29 is 15.6 Å². The van der Waals surface area contributed by atoms with E-state index in [-0.39, 0.29) is 0 Å². The Hall–Kier alpha value is -0.240. The van der Waals surface area contributed by atoms with Gasteiger partial charge in [-0.05, 0) is 0 Å². The molecular formula is CH6N3O3. The maximum atomic E-state index is 7.79. The second-order valence-corrected chi connectivity index (χ2v) is 0.710. The monoisotopic (exact) mass is 108 g/mol. The Bertz CT molecular complexity index is 31.7. The molecule has 6 N–H and O–H groups in total. The van der Waals surface area contributed by atoms with Crippen molar-refractivity contribution in [3.63, 3.8) is 0 Å². The first-order chi connectivity index (χ1) is 3.35. The van der Waals surface area contributed by atoms with Crippen molar-refractivity contribution in [2.24, 2.45) is 0 Å². The second-order valence-electron chi connectivity index (χ2n) is 0.710. The van der Waals surface area contributed by atoms with Gasteiger partial charge in [0.1, 0.15) is 0 Å². The summed E-state index contributed by atoms with van der Waals surface area (Å²) in [4.78, 5) is 0. The van der Waals surface area contributed by atoms with Gasteiger partial charge in [-0.2, -0.15) is 16.4 Å². The Kier molecular flexibility index (Phi) is 3.80. The van der Waals surface area contributed by atoms with E-state index in [1.165, 1.54) is 16.4 Å². The summed E-state index contributed by atoms with van der Waals surface area (Å²) in [6.07, 6.45) is -0.403. The zero-order valence-corrected chi connectivity index (χ0v) is 3.34. The van der Waals surface area contributed by atoms with Gasteiger partial charge in [-0.1, -0.05) is 0 Å². The molecule has 0 aromatic carbocycles. The van der Waals surface area contributed by atoms with Crippen molar-refractivity contribution in [1.29, 1.82) is 0 Å². The van der Waals surface area contributed by atoms with Crippen LogP contribution in [0.3, 0.4) is 0 Å². The minimum Gasteiger partial charge on any atom is -0.314 e. The highest BCUT2D eigenvalue weighted by atomic mass is 16.5. The number of hydroxylamine groups is 3. The van der Waals surface area contributed by atoms with E-state index in [4.69, 9.17) is 15.6 Å². The lowest BCUT2D eigenvalue weighted by Crippen LogP contribution is -2.39. The fourth-order valence-electron chi connectivity index (χ4n) is 0.0750. The topological polar surface area (TPSA) is 96.8 Å². The van der Waals surface area contributed by atoms with Gasteiger partial charge in [-0.25, -0.2) is 0 Å². The van der Waals surface area contributed by atoms with Crippen LogP contribution in [0, 0.1) is 6.29 Å². The summed E-state index contributed by atoms with van der Waals surface area (Å²) in [5.41, 5.74) is 4.19. The number of nitrogens with one attached hydrogen (secondary N) is 3. The molecule has 0 aliphatic rings. The van der Waals surface area contributed by atoms with Gasteiger partial charge in [0.15, 0.2) is 0 Å². The van der Waals surface area contributed by atoms with Crippen LogP contribution in [0.1, 0.15) is 0 Å². The van der Waals surface area contributed by atoms with Crippen molar-refractivity contribution in [1.82, 2.24) is 16.4 Å². The molecule has 6 heteroatoms. The first kappa shape index (κ1) is 6.76. The number of hydrogen-bond donors (Lipinski definition) is 6. The van der Waals surface area contributed by atoms with Gasteiger partial charge in [0, 0.05) is 0 Å². The Morgan fingerprint density at radius 2 is 1.14 bits per heavy atom. The Morgan fingerprint density at radius 1 is 0.857 bits per heavy atom. The molecule has 0 aromatic heterocycles. The third kappa shape index (κ3) is 2.45. The molecule has 0 aliphatic heterocycles. The van der Waals surface area contributed by atoms with E-state index in [2.05, 4.69) is 0 Å². The molecule has 0 heterocycles. The average molecular weight is 108 g/mol. The lowest BCUT2D eigenvalue weighted by Gasteiger charge is -2.05. The van der Waals surface area contributed by atoms with E-state index < -0.39 is 6.29 Å². The van der Waals surface area contributed by atoms with Gasteiger partial charge < -0.3 is 15.6 Å². The molecule has 0 aliphatic carbocycles. The van der Waals surface area contributed by atoms with Crippen LogP contribution in [0.2, 0.25) is 0 Å². The van der Waals surface area contributed by atoms with E-state index in [0.29, 0.717) is 0 Å². The molecule has 6 nitrogen and oxygen atoms in total. The van der Waals surface area contributed by atoms with E-state index in [1.54, 1.807) is 0 Å². The predicted molar refractivity (Wildman–Crippen MR) is 18.0 cm³/mol. The van der Waals surface area contributed by atoms with Crippen molar-refractivity contribution >= 4 is 0 Å². The van der Waals surface area contributed by atoms with Crippen LogP contribution in [0.15, 0.2) is 0 Å². The number of hydrogen-bond acceptors (Lipinski definition) is 6. The Morgan fingerprint density at radius 3 is 1.14 bits per heavy atom. The third-order valence-electron chi connectivity index (χ3n) is 0.335. The minimum absolute atomic E-state index is 0.403. The van der Waals surface area contributed by atoms with Crippen LogP contribution < -0.4 is 16.4 Å². The standard InChI is InChI=1S/CH6N3O3/c5-2-1(3-6)4-7/h2-7H. The highest BCUT2D eigenvalue weighted by Gasteiger charge is 1.99. The third-order valence-corrected chi connectivity index (χ3v) is 0.335. The van der Waals surface area contributed by atoms with Crippen LogP contribution >= 0.6 is 0 Å². The molecule has 43 valence electrons. The van der Waals surface area contributed by atoms with Crippen LogP contribution in [-0.2, 0) is 0 Å². The summed E-state index contributed by atoms with van der Waals surface area (Å²) in [7, 11) is 0. The molecule has 0 saturated heterocycles. The van der Waals surface area contributed by atoms with Gasteiger partial charge >= 0.3 is 0 Å². The summed E-state index contributed by atoms with van der Waals surface area (Å²) < 4.78 is 0. The van der Waals surface area contributed by atoms with Crippen LogP contribution in [0.4, 0.5) is 0 Å². The summed E-state index contributed by atoms with van der Waals surface area (Å²) in [6.45, 7) is 0. The van der Waals surface area contributed by atoms with Gasteiger partial charge in [-0.15, -0.1) is 0 Å². The van der Waals surface area contributed by atoms with E-state index in [1.807, 2.05) is 0 Å². The fraction of sp³-hybridized carbons (Fsp3) is 0. The maximum Gasteiger partial charge on any atom is 0.241 e. The zero-order valence-electron chi connectivity index (χ0n) is 3.34. The number of rotatable bonds is 3. The fourth-order valence-corrected chi connectivity index (χ4v) is 0.0750. The summed E-state index contributed by atoms with van der Waals surface area (Å²) >= 11 is 0. The van der Waals surface area contributed by atoms with Crippen LogP contribution in [-0.4, -0.2) is 15.6 Å². The molecule has 0 fully saturated rings. The molecule has 0 rings (SSSR count). The quantitative estimate of drug-likeness (QED) is 0.243. The summed E-state index contributed by atoms with van der Waals surface area (Å²) in [5, 5.41) is 23.4. The van der Waals surface area contributed by atoms with Crippen molar-refractivity contribution in [3.8, 4) is 0 Å². The molecular weight excluding hydrogens is 102 g/mol. The highest BCUT2D eigenvalue weighted by Crippen LogP contribution is 1.68. The van der Waals surface area contributed by atoms with Crippen molar-refractivity contribution in [2.45, 2.75) is 0 Å². The van der Waals surface area contributed by atoms with Gasteiger partial charge in [0.2, 0.25) is 6.29 Å². The molecule has 0 spiro atoms. The zero-order chi connectivity index (χ0) is 5.70. The van der Waals surface area contributed by atoms with E-state index >= 15 is 0 Å². The first-order valence-corrected chi connectivity index (χ1v) is 1.42. The molecule has 7 heavy (non-hydrogen) atoms. The molecule has 0 unspecified atom stereocenters. The molecule has 0 aromatic rings. The van der Waals surface area contributed by atoms with Crippen molar-refractivity contribution in [2.75, 3.05) is 0 Å². The Balaban J connectivity index is 2.99. The average Bonchev–Trinajstić information content (AvgIpc) is 1.72. The molecule has 1 radical (unpaired) electrons. The largest absolute Gasteiger partial charge is 0.314 e.